The second-order valence-electron chi connectivity index (χ2n) is 8.49. The highest BCUT2D eigenvalue weighted by molar-refractivity contribution is 5.93. The van der Waals surface area contributed by atoms with Crippen molar-refractivity contribution in [2.75, 3.05) is 20.2 Å². The van der Waals surface area contributed by atoms with Gasteiger partial charge in [0.2, 0.25) is 17.6 Å². The van der Waals surface area contributed by atoms with E-state index in [9.17, 15) is 9.59 Å². The second-order valence-corrected chi connectivity index (χ2v) is 8.49. The number of carbonyl (C=O) groups excluding carboxylic acids is 2. The third kappa shape index (κ3) is 4.08. The zero-order valence-corrected chi connectivity index (χ0v) is 18.6. The van der Waals surface area contributed by atoms with Crippen LogP contribution >= 0.6 is 0 Å². The molecule has 2 heterocycles. The Morgan fingerprint density at radius 1 is 1.03 bits per heavy atom. The monoisotopic (exact) mass is 446 g/mol. The van der Waals surface area contributed by atoms with Gasteiger partial charge in [0.05, 0.1) is 12.5 Å². The highest BCUT2D eigenvalue weighted by atomic mass is 16.5. The molecule has 0 N–H and O–H groups in total. The van der Waals surface area contributed by atoms with Crippen LogP contribution in [0.15, 0.2) is 59.1 Å². The van der Waals surface area contributed by atoms with E-state index >= 15 is 0 Å². The fourth-order valence-corrected chi connectivity index (χ4v) is 4.39. The van der Waals surface area contributed by atoms with E-state index in [0.29, 0.717) is 31.2 Å². The molecule has 3 aromatic rings. The number of hydrazine groups is 1. The van der Waals surface area contributed by atoms with Crippen molar-refractivity contribution in [1.29, 1.82) is 0 Å². The SMILES string of the molecule is COc1ccc(-c2noc(CCC(=O)N3CCCN3C(=O)C3(c4ccccc4)CC3)n2)cc1. The molecular formula is C25H26N4O4. The van der Waals surface area contributed by atoms with E-state index < -0.39 is 5.41 Å². The molecule has 170 valence electrons. The minimum Gasteiger partial charge on any atom is -0.497 e. The van der Waals surface area contributed by atoms with E-state index in [1.165, 1.54) is 0 Å². The summed E-state index contributed by atoms with van der Waals surface area (Å²) in [4.78, 5) is 30.8. The van der Waals surface area contributed by atoms with Gasteiger partial charge in [0.25, 0.3) is 5.91 Å². The van der Waals surface area contributed by atoms with Gasteiger partial charge in [-0.15, -0.1) is 0 Å². The first-order chi connectivity index (χ1) is 16.1. The van der Waals surface area contributed by atoms with Crippen LogP contribution in [-0.4, -0.2) is 52.2 Å². The van der Waals surface area contributed by atoms with E-state index in [4.69, 9.17) is 9.26 Å². The predicted molar refractivity (Wildman–Crippen MR) is 120 cm³/mol. The van der Waals surface area contributed by atoms with Crippen molar-refractivity contribution >= 4 is 11.8 Å². The Labute approximate surface area is 192 Å². The molecule has 0 spiro atoms. The molecule has 0 atom stereocenters. The lowest BCUT2D eigenvalue weighted by Gasteiger charge is -2.31. The van der Waals surface area contributed by atoms with Gasteiger partial charge in [-0.2, -0.15) is 4.98 Å². The normalized spacial score (nSPS) is 16.6. The number of methoxy groups -OCH3 is 1. The number of aryl methyl sites for hydroxylation is 1. The summed E-state index contributed by atoms with van der Waals surface area (Å²) in [7, 11) is 1.61. The third-order valence-electron chi connectivity index (χ3n) is 6.41. The van der Waals surface area contributed by atoms with Gasteiger partial charge in [0.15, 0.2) is 0 Å². The van der Waals surface area contributed by atoms with Crippen LogP contribution in [0.25, 0.3) is 11.4 Å². The van der Waals surface area contributed by atoms with E-state index in [1.807, 2.05) is 54.6 Å². The number of rotatable bonds is 7. The number of nitrogens with zero attached hydrogens (tertiary/aromatic N) is 4. The lowest BCUT2D eigenvalue weighted by Crippen LogP contribution is -2.49. The average molecular weight is 447 g/mol. The van der Waals surface area contributed by atoms with Crippen molar-refractivity contribution in [2.24, 2.45) is 0 Å². The van der Waals surface area contributed by atoms with Crippen molar-refractivity contribution in [2.45, 2.75) is 37.5 Å². The molecule has 2 aromatic carbocycles. The maximum atomic E-state index is 13.4. The second kappa shape index (κ2) is 8.69. The molecule has 0 bridgehead atoms. The standard InChI is InChI=1S/C25H26N4O4/c1-32-20-10-8-18(9-11-20)23-26-21(33-27-23)12-13-22(30)28-16-5-17-29(28)24(31)25(14-15-25)19-6-3-2-4-7-19/h2-4,6-11H,5,12-17H2,1H3. The van der Waals surface area contributed by atoms with E-state index in [0.717, 1.165) is 36.1 Å². The maximum Gasteiger partial charge on any atom is 0.251 e. The quantitative estimate of drug-likeness (QED) is 0.553. The first kappa shape index (κ1) is 21.2. The van der Waals surface area contributed by atoms with E-state index in [-0.39, 0.29) is 18.2 Å². The molecule has 1 aromatic heterocycles. The number of aromatic nitrogens is 2. The van der Waals surface area contributed by atoms with Crippen LogP contribution in [0.4, 0.5) is 0 Å². The molecule has 8 heteroatoms. The molecule has 0 unspecified atom stereocenters. The van der Waals surface area contributed by atoms with Crippen LogP contribution in [0.3, 0.4) is 0 Å². The van der Waals surface area contributed by atoms with Gasteiger partial charge in [-0.3, -0.25) is 19.6 Å². The Hall–Kier alpha value is -3.68. The Morgan fingerprint density at radius 2 is 1.76 bits per heavy atom. The summed E-state index contributed by atoms with van der Waals surface area (Å²) >= 11 is 0. The van der Waals surface area contributed by atoms with Crippen LogP contribution in [-0.2, 0) is 21.4 Å². The fourth-order valence-electron chi connectivity index (χ4n) is 4.39. The molecule has 8 nitrogen and oxygen atoms in total. The largest absolute Gasteiger partial charge is 0.497 e. The van der Waals surface area contributed by atoms with Gasteiger partial charge in [0.1, 0.15) is 5.75 Å². The Morgan fingerprint density at radius 3 is 2.45 bits per heavy atom. The molecule has 33 heavy (non-hydrogen) atoms. The van der Waals surface area contributed by atoms with Crippen LogP contribution in [0.2, 0.25) is 0 Å². The van der Waals surface area contributed by atoms with Crippen LogP contribution in [0, 0.1) is 0 Å². The van der Waals surface area contributed by atoms with Crippen molar-refractivity contribution in [1.82, 2.24) is 20.2 Å². The first-order valence-electron chi connectivity index (χ1n) is 11.3. The highest BCUT2D eigenvalue weighted by Gasteiger charge is 2.54. The van der Waals surface area contributed by atoms with Crippen LogP contribution < -0.4 is 4.74 Å². The van der Waals surface area contributed by atoms with Gasteiger partial charge in [-0.1, -0.05) is 35.5 Å². The summed E-state index contributed by atoms with van der Waals surface area (Å²) in [6, 6.07) is 17.2. The summed E-state index contributed by atoms with van der Waals surface area (Å²) in [5.74, 6) is 1.54. The molecule has 2 amide bonds. The number of hydrogen-bond acceptors (Lipinski definition) is 6. The molecule has 5 rings (SSSR count). The molecular weight excluding hydrogens is 420 g/mol. The van der Waals surface area contributed by atoms with Gasteiger partial charge in [-0.25, -0.2) is 0 Å². The van der Waals surface area contributed by atoms with Gasteiger partial charge < -0.3 is 9.26 Å². The Balaban J connectivity index is 1.22. The fraction of sp³-hybridized carbons (Fsp3) is 0.360. The number of hydrogen-bond donors (Lipinski definition) is 0. The van der Waals surface area contributed by atoms with Gasteiger partial charge >= 0.3 is 0 Å². The minimum atomic E-state index is -0.482. The van der Waals surface area contributed by atoms with Crippen molar-refractivity contribution in [3.63, 3.8) is 0 Å². The average Bonchev–Trinajstić information content (AvgIpc) is 3.29. The topological polar surface area (TPSA) is 88.8 Å². The van der Waals surface area contributed by atoms with Gasteiger partial charge in [-0.05, 0) is 49.1 Å². The highest BCUT2D eigenvalue weighted by Crippen LogP contribution is 2.50. The number of ether oxygens (including phenoxy) is 1. The summed E-state index contributed by atoms with van der Waals surface area (Å²) < 4.78 is 10.5. The number of amides is 2. The first-order valence-corrected chi connectivity index (χ1v) is 11.3. The lowest BCUT2D eigenvalue weighted by atomic mass is 9.95. The summed E-state index contributed by atoms with van der Waals surface area (Å²) in [5, 5.41) is 7.27. The summed E-state index contributed by atoms with van der Waals surface area (Å²) in [6.45, 7) is 1.12. The lowest BCUT2D eigenvalue weighted by molar-refractivity contribution is -0.159. The van der Waals surface area contributed by atoms with Crippen molar-refractivity contribution in [3.05, 3.63) is 66.1 Å². The Bertz CT molecular complexity index is 1140. The molecule has 1 aliphatic carbocycles. The van der Waals surface area contributed by atoms with Crippen molar-refractivity contribution in [3.8, 4) is 17.1 Å². The molecule has 1 saturated carbocycles. The smallest absolute Gasteiger partial charge is 0.251 e. The molecule has 1 saturated heterocycles. The minimum absolute atomic E-state index is 0.0270. The molecule has 2 aliphatic rings. The Kier molecular flexibility index (Phi) is 5.58. The maximum absolute atomic E-state index is 13.4. The van der Waals surface area contributed by atoms with Crippen LogP contribution in [0.1, 0.15) is 37.1 Å². The zero-order chi connectivity index (χ0) is 22.8. The number of benzene rings is 2. The number of carbonyl (C=O) groups is 2. The molecule has 0 radical (unpaired) electrons. The van der Waals surface area contributed by atoms with Crippen molar-refractivity contribution < 1.29 is 18.8 Å². The summed E-state index contributed by atoms with van der Waals surface area (Å²) in [6.07, 6.45) is 2.95. The third-order valence-corrected chi connectivity index (χ3v) is 6.41. The molecule has 2 fully saturated rings. The molecule has 1 aliphatic heterocycles. The van der Waals surface area contributed by atoms with E-state index in [2.05, 4.69) is 10.1 Å². The van der Waals surface area contributed by atoms with Gasteiger partial charge in [0, 0.05) is 31.5 Å². The van der Waals surface area contributed by atoms with Crippen LogP contribution in [0.5, 0.6) is 5.75 Å². The predicted octanol–water partition coefficient (Wildman–Crippen LogP) is 3.39. The summed E-state index contributed by atoms with van der Waals surface area (Å²) in [5.41, 5.74) is 1.36. The van der Waals surface area contributed by atoms with E-state index in [1.54, 1.807) is 17.1 Å². The zero-order valence-electron chi connectivity index (χ0n) is 18.6.